The Bertz CT molecular complexity index is 1370. The molecule has 2 aromatic carbocycles. The Morgan fingerprint density at radius 1 is 1.17 bits per heavy atom. The molecule has 4 aromatic rings. The zero-order chi connectivity index (χ0) is 24.5. The van der Waals surface area contributed by atoms with Crippen molar-refractivity contribution < 1.29 is 18.4 Å². The minimum atomic E-state index is -0.499. The number of halogens is 3. The number of morpholine rings is 1. The summed E-state index contributed by atoms with van der Waals surface area (Å²) in [6, 6.07) is 12.3. The van der Waals surface area contributed by atoms with Crippen LogP contribution in [-0.4, -0.2) is 50.7 Å². The smallest absolute Gasteiger partial charge is 0.259 e. The number of carbonyl (C=O) groups is 1. The van der Waals surface area contributed by atoms with Crippen LogP contribution in [0.15, 0.2) is 62.1 Å². The van der Waals surface area contributed by atoms with E-state index in [4.69, 9.17) is 9.26 Å². The molecule has 1 saturated heterocycles. The second kappa shape index (κ2) is 10.00. The van der Waals surface area contributed by atoms with Crippen LogP contribution >= 0.6 is 31.9 Å². The first-order valence-electron chi connectivity index (χ1n) is 11.0. The van der Waals surface area contributed by atoms with Crippen LogP contribution in [0.3, 0.4) is 0 Å². The van der Waals surface area contributed by atoms with E-state index < -0.39 is 11.9 Å². The van der Waals surface area contributed by atoms with Crippen molar-refractivity contribution in [1.29, 1.82) is 0 Å². The largest absolute Gasteiger partial charge is 0.368 e. The van der Waals surface area contributed by atoms with Gasteiger partial charge in [0.15, 0.2) is 0 Å². The van der Waals surface area contributed by atoms with E-state index in [0.29, 0.717) is 46.8 Å². The number of carbonyl (C=O) groups excluding carboxylic acids is 1. The Kier molecular flexibility index (Phi) is 6.81. The summed E-state index contributed by atoms with van der Waals surface area (Å²) in [6.45, 7) is 2.94. The molecule has 0 saturated carbocycles. The van der Waals surface area contributed by atoms with E-state index in [1.54, 1.807) is 23.2 Å². The first-order valence-corrected chi connectivity index (χ1v) is 12.6. The molecule has 8 nitrogen and oxygen atoms in total. The van der Waals surface area contributed by atoms with Crippen LogP contribution in [0.5, 0.6) is 0 Å². The van der Waals surface area contributed by atoms with Gasteiger partial charge < -0.3 is 14.2 Å². The molecule has 2 aromatic heterocycles. The normalized spacial score (nSPS) is 16.0. The van der Waals surface area contributed by atoms with Gasteiger partial charge in [0, 0.05) is 27.5 Å². The third-order valence-electron chi connectivity index (χ3n) is 5.77. The van der Waals surface area contributed by atoms with Crippen LogP contribution in [0.1, 0.15) is 34.8 Å². The number of benzene rings is 2. The number of amides is 1. The highest BCUT2D eigenvalue weighted by atomic mass is 79.9. The number of aromatic nitrogens is 4. The van der Waals surface area contributed by atoms with Crippen LogP contribution in [-0.2, 0) is 11.2 Å². The second-order valence-electron chi connectivity index (χ2n) is 7.98. The van der Waals surface area contributed by atoms with Crippen molar-refractivity contribution in [2.75, 3.05) is 19.7 Å². The van der Waals surface area contributed by atoms with Crippen LogP contribution in [0.2, 0.25) is 0 Å². The van der Waals surface area contributed by atoms with E-state index in [2.05, 4.69) is 47.3 Å². The van der Waals surface area contributed by atoms with E-state index in [9.17, 15) is 9.18 Å². The summed E-state index contributed by atoms with van der Waals surface area (Å²) < 4.78 is 28.7. The number of hydrogen-bond acceptors (Lipinski definition) is 6. The van der Waals surface area contributed by atoms with Crippen molar-refractivity contribution in [3.05, 3.63) is 80.4 Å². The highest BCUT2D eigenvalue weighted by Gasteiger charge is 2.32. The molecule has 1 amide bonds. The molecule has 1 aliphatic rings. The van der Waals surface area contributed by atoms with Gasteiger partial charge in [-0.3, -0.25) is 4.79 Å². The van der Waals surface area contributed by atoms with Crippen LogP contribution in [0.4, 0.5) is 4.39 Å². The van der Waals surface area contributed by atoms with E-state index in [0.717, 1.165) is 10.0 Å². The number of rotatable bonds is 5. The highest BCUT2D eigenvalue weighted by Crippen LogP contribution is 2.30. The Balaban J connectivity index is 1.39. The van der Waals surface area contributed by atoms with E-state index in [1.165, 1.54) is 10.7 Å². The van der Waals surface area contributed by atoms with Gasteiger partial charge in [-0.15, -0.1) is 5.10 Å². The maximum absolute atomic E-state index is 14.4. The summed E-state index contributed by atoms with van der Waals surface area (Å²) in [5, 5.41) is 12.4. The molecule has 0 N–H and O–H groups in total. The molecule has 1 fully saturated rings. The highest BCUT2D eigenvalue weighted by molar-refractivity contribution is 9.10. The molecule has 0 radical (unpaired) electrons. The van der Waals surface area contributed by atoms with Gasteiger partial charge in [0.1, 0.15) is 40.3 Å². The topological polar surface area (TPSA) is 86.3 Å². The zero-order valence-corrected chi connectivity index (χ0v) is 21.8. The van der Waals surface area contributed by atoms with Crippen LogP contribution in [0, 0.1) is 5.82 Å². The molecule has 35 heavy (non-hydrogen) atoms. The predicted octanol–water partition coefficient (Wildman–Crippen LogP) is 5.36. The van der Waals surface area contributed by atoms with Crippen molar-refractivity contribution in [2.24, 2.45) is 0 Å². The maximum atomic E-state index is 14.4. The van der Waals surface area contributed by atoms with Crippen molar-refractivity contribution >= 4 is 37.8 Å². The summed E-state index contributed by atoms with van der Waals surface area (Å²) in [6.07, 6.45) is 1.65. The third kappa shape index (κ3) is 4.80. The van der Waals surface area contributed by atoms with Gasteiger partial charge in [0.2, 0.25) is 0 Å². The molecule has 11 heteroatoms. The lowest BCUT2D eigenvalue weighted by Crippen LogP contribution is -2.42. The molecule has 0 bridgehead atoms. The first kappa shape index (κ1) is 23.8. The Morgan fingerprint density at radius 2 is 1.94 bits per heavy atom. The first-order chi connectivity index (χ1) is 16.9. The SMILES string of the molecule is CCc1onc(-c2ccc(Br)cc2)c1C(=O)N1CCOC(c2cn(-c3ccc(Br)cc3F)nn2)C1. The Labute approximate surface area is 217 Å². The lowest BCUT2D eigenvalue weighted by Gasteiger charge is -2.32. The zero-order valence-electron chi connectivity index (χ0n) is 18.6. The molecule has 5 rings (SSSR count). The third-order valence-corrected chi connectivity index (χ3v) is 6.79. The van der Waals surface area contributed by atoms with Gasteiger partial charge in [0.25, 0.3) is 5.91 Å². The fourth-order valence-electron chi connectivity index (χ4n) is 3.97. The second-order valence-corrected chi connectivity index (χ2v) is 9.82. The minimum Gasteiger partial charge on any atom is -0.368 e. The van der Waals surface area contributed by atoms with E-state index >= 15 is 0 Å². The van der Waals surface area contributed by atoms with Gasteiger partial charge >= 0.3 is 0 Å². The fraction of sp³-hybridized carbons (Fsp3) is 0.250. The monoisotopic (exact) mass is 603 g/mol. The molecule has 1 atom stereocenters. The lowest BCUT2D eigenvalue weighted by molar-refractivity contribution is -0.0248. The quantitative estimate of drug-likeness (QED) is 0.305. The molecular weight excluding hydrogens is 585 g/mol. The lowest BCUT2D eigenvalue weighted by atomic mass is 10.0. The Morgan fingerprint density at radius 3 is 2.69 bits per heavy atom. The molecule has 180 valence electrons. The average molecular weight is 605 g/mol. The van der Waals surface area contributed by atoms with Gasteiger partial charge in [0.05, 0.1) is 19.3 Å². The number of ether oxygens (including phenoxy) is 1. The fourth-order valence-corrected chi connectivity index (χ4v) is 4.57. The van der Waals surface area contributed by atoms with Crippen molar-refractivity contribution in [1.82, 2.24) is 25.1 Å². The Hall–Kier alpha value is -2.89. The minimum absolute atomic E-state index is 0.180. The van der Waals surface area contributed by atoms with Crippen LogP contribution in [0.25, 0.3) is 16.9 Å². The molecule has 1 unspecified atom stereocenters. The molecule has 0 spiro atoms. The summed E-state index contributed by atoms with van der Waals surface area (Å²) in [4.78, 5) is 15.4. The molecular formula is C24H20Br2FN5O3. The van der Waals surface area contributed by atoms with E-state index in [-0.39, 0.29) is 18.1 Å². The average Bonchev–Trinajstić information content (AvgIpc) is 3.52. The number of aryl methyl sites for hydroxylation is 1. The van der Waals surface area contributed by atoms with Crippen molar-refractivity contribution in [3.8, 4) is 16.9 Å². The number of hydrogen-bond donors (Lipinski definition) is 0. The summed E-state index contributed by atoms with van der Waals surface area (Å²) >= 11 is 6.68. The predicted molar refractivity (Wildman–Crippen MR) is 133 cm³/mol. The van der Waals surface area contributed by atoms with Gasteiger partial charge in [-0.1, -0.05) is 61.3 Å². The van der Waals surface area contributed by atoms with Gasteiger partial charge in [-0.25, -0.2) is 9.07 Å². The van der Waals surface area contributed by atoms with Gasteiger partial charge in [-0.05, 0) is 30.3 Å². The summed E-state index contributed by atoms with van der Waals surface area (Å²) in [5.41, 5.74) is 2.55. The van der Waals surface area contributed by atoms with E-state index in [1.807, 2.05) is 31.2 Å². The van der Waals surface area contributed by atoms with Crippen molar-refractivity contribution in [3.63, 3.8) is 0 Å². The molecule has 0 aliphatic carbocycles. The summed E-state index contributed by atoms with van der Waals surface area (Å²) in [7, 11) is 0. The van der Waals surface area contributed by atoms with Gasteiger partial charge in [-0.2, -0.15) is 0 Å². The molecule has 3 heterocycles. The molecule has 1 aliphatic heterocycles. The summed E-state index contributed by atoms with van der Waals surface area (Å²) in [5.74, 6) is -0.0782. The number of nitrogens with zero attached hydrogens (tertiary/aromatic N) is 5. The van der Waals surface area contributed by atoms with Crippen LogP contribution < -0.4 is 0 Å². The standard InChI is InChI=1S/C24H20Br2FN5O3/c1-2-20-22(23(29-35-20)14-3-5-15(25)6-4-14)24(33)31-9-10-34-21(13-31)18-12-32(30-28-18)19-8-7-16(26)11-17(19)27/h3-8,11-12,21H,2,9-10,13H2,1H3. The maximum Gasteiger partial charge on any atom is 0.259 e. The van der Waals surface area contributed by atoms with Crippen molar-refractivity contribution in [2.45, 2.75) is 19.4 Å².